The first-order valence-corrected chi connectivity index (χ1v) is 12.3. The quantitative estimate of drug-likeness (QED) is 0.396. The lowest BCUT2D eigenvalue weighted by Crippen LogP contribution is -2.41. The zero-order chi connectivity index (χ0) is 26.3. The lowest BCUT2D eigenvalue weighted by molar-refractivity contribution is -0.136. The van der Waals surface area contributed by atoms with E-state index in [2.05, 4.69) is 4.90 Å². The van der Waals surface area contributed by atoms with Crippen molar-refractivity contribution < 1.29 is 24.2 Å². The number of aromatic nitrogens is 1. The lowest BCUT2D eigenvalue weighted by atomic mass is 10.1. The Balaban J connectivity index is 1.37. The van der Waals surface area contributed by atoms with Gasteiger partial charge in [0, 0.05) is 23.7 Å². The first kappa shape index (κ1) is 24.4. The van der Waals surface area contributed by atoms with Crippen LogP contribution in [0.4, 0.5) is 5.69 Å². The van der Waals surface area contributed by atoms with Gasteiger partial charge in [-0.3, -0.25) is 14.2 Å². The molecule has 0 spiro atoms. The van der Waals surface area contributed by atoms with Crippen LogP contribution in [0.25, 0.3) is 10.9 Å². The largest absolute Gasteiger partial charge is 0.490 e. The van der Waals surface area contributed by atoms with Crippen molar-refractivity contribution in [2.45, 2.75) is 33.3 Å². The number of fused-ring (bicyclic) bond motifs is 2. The minimum atomic E-state index is -0.926. The number of carboxylic acids is 1. The predicted octanol–water partition coefficient (Wildman–Crippen LogP) is 5.16. The third-order valence-corrected chi connectivity index (χ3v) is 6.93. The fraction of sp³-hybridized carbons (Fsp3) is 0.267. The molecule has 7 heteroatoms. The van der Waals surface area contributed by atoms with Crippen molar-refractivity contribution in [3.63, 3.8) is 0 Å². The number of anilines is 1. The lowest BCUT2D eigenvalue weighted by Gasteiger charge is -2.33. The van der Waals surface area contributed by atoms with Gasteiger partial charge in [0.1, 0.15) is 24.2 Å². The minimum absolute atomic E-state index is 0.119. The monoisotopic (exact) mass is 498 g/mol. The molecule has 5 rings (SSSR count). The standard InChI is InChI=1S/C30H30N2O5/c1-18-9-12-26-25(13-18)24(15-29(33)34)20(3)32(26)30(35)23-11-10-21(14-19(23)2)36-17-22-16-31(4)27-7-5-6-8-28(27)37-22/h5-14,22H,15-17H2,1-4H3,(H,33,34)/t22-/m0/s1. The summed E-state index contributed by atoms with van der Waals surface area (Å²) in [7, 11) is 2.04. The highest BCUT2D eigenvalue weighted by Crippen LogP contribution is 2.33. The Morgan fingerprint density at radius 2 is 1.84 bits per heavy atom. The van der Waals surface area contributed by atoms with E-state index in [0.717, 1.165) is 28.0 Å². The first-order valence-electron chi connectivity index (χ1n) is 12.3. The van der Waals surface area contributed by atoms with E-state index in [1.807, 2.05) is 69.4 Å². The molecule has 0 unspecified atom stereocenters. The molecule has 1 N–H and O–H groups in total. The van der Waals surface area contributed by atoms with Crippen LogP contribution >= 0.6 is 0 Å². The van der Waals surface area contributed by atoms with Crippen molar-refractivity contribution >= 4 is 28.5 Å². The average Bonchev–Trinajstić information content (AvgIpc) is 3.12. The van der Waals surface area contributed by atoms with Gasteiger partial charge in [0.2, 0.25) is 0 Å². The van der Waals surface area contributed by atoms with Gasteiger partial charge in [-0.2, -0.15) is 0 Å². The fourth-order valence-corrected chi connectivity index (χ4v) is 5.09. The van der Waals surface area contributed by atoms with Crippen molar-refractivity contribution in [2.24, 2.45) is 0 Å². The Morgan fingerprint density at radius 3 is 2.59 bits per heavy atom. The second kappa shape index (κ2) is 9.65. The second-order valence-corrected chi connectivity index (χ2v) is 9.67. The Hall–Kier alpha value is -4.26. The van der Waals surface area contributed by atoms with Gasteiger partial charge in [-0.05, 0) is 74.4 Å². The number of nitrogens with zero attached hydrogens (tertiary/aromatic N) is 2. The summed E-state index contributed by atoms with van der Waals surface area (Å²) >= 11 is 0. The number of aliphatic carboxylic acids is 1. The van der Waals surface area contributed by atoms with Crippen molar-refractivity contribution in [3.8, 4) is 11.5 Å². The Labute approximate surface area is 215 Å². The number of para-hydroxylation sites is 2. The third-order valence-electron chi connectivity index (χ3n) is 6.93. The van der Waals surface area contributed by atoms with Crippen molar-refractivity contribution in [1.82, 2.24) is 4.57 Å². The summed E-state index contributed by atoms with van der Waals surface area (Å²) in [5.41, 5.74) is 5.41. The maximum Gasteiger partial charge on any atom is 0.307 e. The normalized spacial score (nSPS) is 14.8. The summed E-state index contributed by atoms with van der Waals surface area (Å²) in [6.07, 6.45) is -0.257. The van der Waals surface area contributed by atoms with Crippen LogP contribution < -0.4 is 14.4 Å². The highest BCUT2D eigenvalue weighted by Gasteiger charge is 2.25. The van der Waals surface area contributed by atoms with Crippen LogP contribution in [0.3, 0.4) is 0 Å². The number of hydrogen-bond acceptors (Lipinski definition) is 5. The van der Waals surface area contributed by atoms with E-state index in [9.17, 15) is 14.7 Å². The molecule has 0 saturated heterocycles. The zero-order valence-corrected chi connectivity index (χ0v) is 21.4. The predicted molar refractivity (Wildman–Crippen MR) is 143 cm³/mol. The minimum Gasteiger partial charge on any atom is -0.490 e. The SMILES string of the molecule is Cc1ccc2c(c1)c(CC(=O)O)c(C)n2C(=O)c1ccc(OC[C@@H]2CN(C)c3ccccc3O2)cc1C. The molecule has 0 fully saturated rings. The number of carbonyl (C=O) groups excluding carboxylic acids is 1. The number of carbonyl (C=O) groups is 2. The van der Waals surface area contributed by atoms with E-state index in [1.165, 1.54) is 0 Å². The van der Waals surface area contributed by atoms with Crippen LogP contribution in [0.5, 0.6) is 11.5 Å². The van der Waals surface area contributed by atoms with E-state index in [4.69, 9.17) is 9.47 Å². The van der Waals surface area contributed by atoms with Crippen LogP contribution in [0, 0.1) is 20.8 Å². The molecule has 0 bridgehead atoms. The number of likely N-dealkylation sites (N-methyl/N-ethyl adjacent to an activating group) is 1. The van der Waals surface area contributed by atoms with Crippen LogP contribution in [-0.4, -0.2) is 47.9 Å². The maximum absolute atomic E-state index is 13.7. The molecule has 190 valence electrons. The first-order chi connectivity index (χ1) is 17.7. The van der Waals surface area contributed by atoms with Gasteiger partial charge in [0.15, 0.2) is 0 Å². The molecule has 1 aliphatic heterocycles. The van der Waals surface area contributed by atoms with E-state index in [0.29, 0.717) is 41.2 Å². The van der Waals surface area contributed by atoms with Gasteiger partial charge in [-0.15, -0.1) is 0 Å². The van der Waals surface area contributed by atoms with Crippen LogP contribution in [0.2, 0.25) is 0 Å². The molecule has 3 aromatic carbocycles. The summed E-state index contributed by atoms with van der Waals surface area (Å²) in [4.78, 5) is 27.4. The van der Waals surface area contributed by atoms with Gasteiger partial charge >= 0.3 is 5.97 Å². The molecule has 2 heterocycles. The van der Waals surface area contributed by atoms with E-state index < -0.39 is 5.97 Å². The van der Waals surface area contributed by atoms with Crippen LogP contribution in [0.15, 0.2) is 60.7 Å². The summed E-state index contributed by atoms with van der Waals surface area (Å²) in [6, 6.07) is 19.1. The zero-order valence-electron chi connectivity index (χ0n) is 21.4. The maximum atomic E-state index is 13.7. The summed E-state index contributed by atoms with van der Waals surface area (Å²) in [5.74, 6) is 0.385. The Bertz CT molecular complexity index is 1520. The summed E-state index contributed by atoms with van der Waals surface area (Å²) in [5, 5.41) is 10.2. The topological polar surface area (TPSA) is 81.0 Å². The van der Waals surface area contributed by atoms with Gasteiger partial charge in [0.25, 0.3) is 5.91 Å². The van der Waals surface area contributed by atoms with E-state index in [1.54, 1.807) is 23.6 Å². The molecule has 4 aromatic rings. The Kier molecular flexibility index (Phi) is 6.38. The smallest absolute Gasteiger partial charge is 0.307 e. The molecule has 0 radical (unpaired) electrons. The van der Waals surface area contributed by atoms with Crippen molar-refractivity contribution in [3.05, 3.63) is 88.6 Å². The molecule has 0 amide bonds. The Morgan fingerprint density at radius 1 is 1.05 bits per heavy atom. The molecule has 1 aliphatic rings. The van der Waals surface area contributed by atoms with Gasteiger partial charge in [0.05, 0.1) is 24.2 Å². The average molecular weight is 499 g/mol. The molecule has 7 nitrogen and oxygen atoms in total. The second-order valence-electron chi connectivity index (χ2n) is 9.67. The highest BCUT2D eigenvalue weighted by atomic mass is 16.5. The molecule has 1 atom stereocenters. The van der Waals surface area contributed by atoms with Crippen LogP contribution in [-0.2, 0) is 11.2 Å². The number of rotatable bonds is 6. The molecule has 0 aliphatic carbocycles. The van der Waals surface area contributed by atoms with Crippen molar-refractivity contribution in [1.29, 1.82) is 0 Å². The van der Waals surface area contributed by atoms with Gasteiger partial charge in [-0.25, -0.2) is 0 Å². The number of hydrogen-bond donors (Lipinski definition) is 1. The number of carboxylic acid groups (broad SMARTS) is 1. The summed E-state index contributed by atoms with van der Waals surface area (Å²) in [6.45, 7) is 6.73. The van der Waals surface area contributed by atoms with Crippen LogP contribution in [0.1, 0.15) is 32.7 Å². The number of aryl methyl sites for hydroxylation is 2. The number of benzene rings is 3. The fourth-order valence-electron chi connectivity index (χ4n) is 5.09. The van der Waals surface area contributed by atoms with Crippen molar-refractivity contribution in [2.75, 3.05) is 25.1 Å². The van der Waals surface area contributed by atoms with E-state index in [-0.39, 0.29) is 18.4 Å². The molecular weight excluding hydrogens is 468 g/mol. The molecular formula is C30H30N2O5. The summed E-state index contributed by atoms with van der Waals surface area (Å²) < 4.78 is 13.8. The third kappa shape index (κ3) is 4.65. The van der Waals surface area contributed by atoms with Gasteiger partial charge in [-0.1, -0.05) is 23.8 Å². The molecule has 37 heavy (non-hydrogen) atoms. The highest BCUT2D eigenvalue weighted by molar-refractivity contribution is 6.05. The molecule has 0 saturated carbocycles. The van der Waals surface area contributed by atoms with E-state index >= 15 is 0 Å². The molecule has 1 aromatic heterocycles. The number of ether oxygens (including phenoxy) is 2. The van der Waals surface area contributed by atoms with Gasteiger partial charge < -0.3 is 19.5 Å².